The lowest BCUT2D eigenvalue weighted by Crippen LogP contribution is -2.59. The van der Waals surface area contributed by atoms with Crippen LogP contribution < -0.4 is 4.90 Å². The normalized spacial score (nSPS) is 33.4. The molecule has 1 aromatic rings. The van der Waals surface area contributed by atoms with E-state index in [4.69, 9.17) is 21.1 Å². The van der Waals surface area contributed by atoms with Crippen LogP contribution in [0.2, 0.25) is 5.02 Å². The first-order chi connectivity index (χ1) is 16.3. The van der Waals surface area contributed by atoms with Gasteiger partial charge in [-0.05, 0) is 36.3 Å². The van der Waals surface area contributed by atoms with E-state index in [2.05, 4.69) is 0 Å². The molecule has 6 atom stereocenters. The zero-order chi connectivity index (χ0) is 24.2. The van der Waals surface area contributed by atoms with Gasteiger partial charge in [0.1, 0.15) is 24.2 Å². The van der Waals surface area contributed by atoms with Gasteiger partial charge >= 0.3 is 5.97 Å². The van der Waals surface area contributed by atoms with Crippen LogP contribution in [0.4, 0.5) is 5.69 Å². The summed E-state index contributed by atoms with van der Waals surface area (Å²) in [5, 5.41) is 10.8. The van der Waals surface area contributed by atoms with Crippen LogP contribution in [-0.4, -0.2) is 71.3 Å². The van der Waals surface area contributed by atoms with Crippen LogP contribution in [0.1, 0.15) is 13.8 Å². The van der Waals surface area contributed by atoms with Crippen LogP contribution in [0.5, 0.6) is 0 Å². The number of rotatable bonds is 4. The van der Waals surface area contributed by atoms with Crippen LogP contribution in [0, 0.1) is 17.8 Å². The third-order valence-electron chi connectivity index (χ3n) is 7.30. The van der Waals surface area contributed by atoms with E-state index in [1.807, 2.05) is 13.8 Å². The molecule has 1 N–H and O–H groups in total. The first kappa shape index (κ1) is 23.1. The van der Waals surface area contributed by atoms with Crippen molar-refractivity contribution >= 4 is 35.1 Å². The van der Waals surface area contributed by atoms with E-state index in [0.29, 0.717) is 10.7 Å². The summed E-state index contributed by atoms with van der Waals surface area (Å²) in [6.45, 7) is 3.82. The van der Waals surface area contributed by atoms with Crippen LogP contribution in [0.15, 0.2) is 48.6 Å². The highest BCUT2D eigenvalue weighted by Crippen LogP contribution is 2.54. The van der Waals surface area contributed by atoms with Gasteiger partial charge in [-0.1, -0.05) is 43.7 Å². The predicted octanol–water partition coefficient (Wildman–Crippen LogP) is 1.95. The van der Waals surface area contributed by atoms with Crippen molar-refractivity contribution in [2.75, 3.05) is 24.7 Å². The van der Waals surface area contributed by atoms with Gasteiger partial charge in [0.15, 0.2) is 0 Å². The summed E-state index contributed by atoms with van der Waals surface area (Å²) in [5.74, 6) is -3.17. The predicted molar refractivity (Wildman–Crippen MR) is 124 cm³/mol. The van der Waals surface area contributed by atoms with Gasteiger partial charge in [-0.2, -0.15) is 0 Å². The van der Waals surface area contributed by atoms with Crippen molar-refractivity contribution in [2.24, 2.45) is 17.8 Å². The zero-order valence-electron chi connectivity index (χ0n) is 19.0. The van der Waals surface area contributed by atoms with Crippen molar-refractivity contribution in [1.29, 1.82) is 0 Å². The van der Waals surface area contributed by atoms with Gasteiger partial charge in [0, 0.05) is 17.3 Å². The minimum atomic E-state index is -1.35. The fraction of sp³-hybridized carbons (Fsp3) is 0.480. The van der Waals surface area contributed by atoms with E-state index in [1.165, 1.54) is 4.90 Å². The largest absolute Gasteiger partial charge is 0.461 e. The molecule has 1 spiro atoms. The molecule has 1 aromatic carbocycles. The molecule has 34 heavy (non-hydrogen) atoms. The molecule has 0 aliphatic carbocycles. The number of likely N-dealkylation sites (tertiary alicyclic amines) is 1. The summed E-state index contributed by atoms with van der Waals surface area (Å²) in [7, 11) is 0. The number of fused-ring (bicyclic) bond motifs is 2. The molecule has 0 saturated carbocycles. The summed E-state index contributed by atoms with van der Waals surface area (Å²) >= 11 is 6.05. The lowest BCUT2D eigenvalue weighted by atomic mass is 9.78. The van der Waals surface area contributed by atoms with Gasteiger partial charge in [0.25, 0.3) is 5.91 Å². The van der Waals surface area contributed by atoms with Gasteiger partial charge in [-0.15, -0.1) is 0 Å². The summed E-state index contributed by atoms with van der Waals surface area (Å²) in [4.78, 5) is 44.1. The molecule has 5 rings (SSSR count). The number of carbonyl (C=O) groups is 3. The highest BCUT2D eigenvalue weighted by Gasteiger charge is 2.72. The topological polar surface area (TPSA) is 96.4 Å². The number of ether oxygens (including phenoxy) is 2. The number of carbonyl (C=O) groups excluding carboxylic acids is 3. The van der Waals surface area contributed by atoms with Crippen LogP contribution >= 0.6 is 11.6 Å². The number of nitrogens with zero attached hydrogens (tertiary/aromatic N) is 2. The minimum Gasteiger partial charge on any atom is -0.461 e. The van der Waals surface area contributed by atoms with Gasteiger partial charge in [-0.25, -0.2) is 0 Å². The SMILES string of the molecule is CC(C)[C@H](CO)N1C(=O)[C@@H]2[C@@H]3C(=O)OCC=C[C@@H]3O[C@@]23C=CCN(c2ccc(Cl)cc2)C(=O)C13. The van der Waals surface area contributed by atoms with Gasteiger partial charge in [0.05, 0.1) is 24.7 Å². The maximum Gasteiger partial charge on any atom is 0.313 e. The molecule has 180 valence electrons. The Hall–Kier alpha value is -2.68. The molecule has 8 nitrogen and oxygen atoms in total. The van der Waals surface area contributed by atoms with Gasteiger partial charge in [-0.3, -0.25) is 14.4 Å². The number of cyclic esters (lactones) is 1. The Morgan fingerprint density at radius 1 is 1.15 bits per heavy atom. The third-order valence-corrected chi connectivity index (χ3v) is 7.56. The number of hydrogen-bond acceptors (Lipinski definition) is 6. The molecular formula is C25H27ClN2O6. The second kappa shape index (κ2) is 8.52. The Balaban J connectivity index is 1.66. The molecule has 2 fully saturated rings. The smallest absolute Gasteiger partial charge is 0.313 e. The average molecular weight is 487 g/mol. The van der Waals surface area contributed by atoms with Crippen LogP contribution in [-0.2, 0) is 23.9 Å². The lowest BCUT2D eigenvalue weighted by molar-refractivity contribution is -0.154. The van der Waals surface area contributed by atoms with E-state index in [-0.39, 0.29) is 37.5 Å². The Labute approximate surface area is 202 Å². The molecule has 4 heterocycles. The number of aliphatic hydroxyl groups is 1. The van der Waals surface area contributed by atoms with Crippen LogP contribution in [0.25, 0.3) is 0 Å². The van der Waals surface area contributed by atoms with E-state index in [1.54, 1.807) is 53.5 Å². The first-order valence-corrected chi connectivity index (χ1v) is 11.9. The summed E-state index contributed by atoms with van der Waals surface area (Å²) in [6.07, 6.45) is 6.33. The Morgan fingerprint density at radius 3 is 2.56 bits per heavy atom. The standard InChI is InChI=1S/C25H27ClN2O6/c1-14(2)17(13-29)28-21-23(31)27(16-8-6-15(26)7-9-16)11-4-10-25(21)20(22(28)30)19-18(34-25)5-3-12-33-24(19)32/h3-10,14,17-21,29H,11-13H2,1-2H3/t17-,18-,19+,20-,21?,25-/m0/s1. The van der Waals surface area contributed by atoms with Crippen molar-refractivity contribution in [3.8, 4) is 0 Å². The van der Waals surface area contributed by atoms with Crippen molar-refractivity contribution in [1.82, 2.24) is 4.90 Å². The quantitative estimate of drug-likeness (QED) is 0.516. The highest BCUT2D eigenvalue weighted by atomic mass is 35.5. The molecule has 0 aromatic heterocycles. The third kappa shape index (κ3) is 3.31. The van der Waals surface area contributed by atoms with E-state index in [0.717, 1.165) is 0 Å². The number of aliphatic hydroxyl groups excluding tert-OH is 1. The second-order valence-electron chi connectivity index (χ2n) is 9.47. The van der Waals surface area contributed by atoms with E-state index in [9.17, 15) is 19.5 Å². The zero-order valence-corrected chi connectivity index (χ0v) is 19.7. The second-order valence-corrected chi connectivity index (χ2v) is 9.90. The van der Waals surface area contributed by atoms with Crippen molar-refractivity contribution in [3.05, 3.63) is 53.6 Å². The molecule has 2 amide bonds. The summed E-state index contributed by atoms with van der Waals surface area (Å²) in [6, 6.07) is 5.22. The number of halogens is 1. The van der Waals surface area contributed by atoms with Gasteiger partial charge in [0.2, 0.25) is 5.91 Å². The summed E-state index contributed by atoms with van der Waals surface area (Å²) < 4.78 is 11.8. The van der Waals surface area contributed by atoms with Gasteiger partial charge < -0.3 is 24.4 Å². The monoisotopic (exact) mass is 486 g/mol. The molecular weight excluding hydrogens is 460 g/mol. The van der Waals surface area contributed by atoms with Crippen molar-refractivity contribution < 1.29 is 29.0 Å². The molecule has 0 bridgehead atoms. The fourth-order valence-corrected chi connectivity index (χ4v) is 5.86. The van der Waals surface area contributed by atoms with E-state index >= 15 is 0 Å². The van der Waals surface area contributed by atoms with E-state index < -0.39 is 41.6 Å². The van der Waals surface area contributed by atoms with Crippen molar-refractivity contribution in [2.45, 2.75) is 37.6 Å². The Bertz CT molecular complexity index is 1070. The Morgan fingerprint density at radius 2 is 1.88 bits per heavy atom. The number of benzene rings is 1. The average Bonchev–Trinajstić information content (AvgIpc) is 3.10. The Kier molecular flexibility index (Phi) is 5.78. The molecule has 4 aliphatic rings. The number of hydrogen-bond donors (Lipinski definition) is 1. The first-order valence-electron chi connectivity index (χ1n) is 11.5. The lowest BCUT2D eigenvalue weighted by Gasteiger charge is -2.39. The summed E-state index contributed by atoms with van der Waals surface area (Å²) in [5.41, 5.74) is -0.725. The fourth-order valence-electron chi connectivity index (χ4n) is 5.74. The number of amides is 2. The van der Waals surface area contributed by atoms with Crippen LogP contribution in [0.3, 0.4) is 0 Å². The maximum atomic E-state index is 14.2. The molecule has 0 radical (unpaired) electrons. The number of anilines is 1. The number of esters is 1. The maximum absolute atomic E-state index is 14.2. The molecule has 4 aliphatic heterocycles. The molecule has 1 unspecified atom stereocenters. The molecule has 9 heteroatoms. The minimum absolute atomic E-state index is 0.112. The van der Waals surface area contributed by atoms with Crippen molar-refractivity contribution in [3.63, 3.8) is 0 Å². The molecule has 2 saturated heterocycles. The highest BCUT2D eigenvalue weighted by molar-refractivity contribution is 6.30.